The van der Waals surface area contributed by atoms with Crippen LogP contribution in [0.1, 0.15) is 39.5 Å². The SMILES string of the molecule is COC1CCC(NC(C)C(C)CO)CC1. The van der Waals surface area contributed by atoms with Gasteiger partial charge in [-0.25, -0.2) is 0 Å². The van der Waals surface area contributed by atoms with Gasteiger partial charge in [0, 0.05) is 25.8 Å². The van der Waals surface area contributed by atoms with Gasteiger partial charge in [0.15, 0.2) is 0 Å². The number of aliphatic hydroxyl groups excluding tert-OH is 1. The minimum atomic E-state index is 0.265. The summed E-state index contributed by atoms with van der Waals surface area (Å²) in [7, 11) is 1.80. The summed E-state index contributed by atoms with van der Waals surface area (Å²) in [5, 5.41) is 12.7. The van der Waals surface area contributed by atoms with Crippen LogP contribution in [0.25, 0.3) is 0 Å². The first-order chi connectivity index (χ1) is 7.17. The first-order valence-electron chi connectivity index (χ1n) is 6.07. The molecule has 0 aliphatic heterocycles. The molecule has 2 atom stereocenters. The first kappa shape index (κ1) is 12.9. The van der Waals surface area contributed by atoms with E-state index in [1.54, 1.807) is 7.11 Å². The van der Waals surface area contributed by atoms with E-state index in [0.29, 0.717) is 24.1 Å². The molecule has 0 heterocycles. The van der Waals surface area contributed by atoms with Gasteiger partial charge < -0.3 is 15.2 Å². The monoisotopic (exact) mass is 215 g/mol. The van der Waals surface area contributed by atoms with Gasteiger partial charge in [0.05, 0.1) is 6.10 Å². The molecule has 3 nitrogen and oxygen atoms in total. The largest absolute Gasteiger partial charge is 0.396 e. The molecule has 2 unspecified atom stereocenters. The van der Waals surface area contributed by atoms with E-state index in [0.717, 1.165) is 12.8 Å². The fourth-order valence-corrected chi connectivity index (χ4v) is 2.16. The van der Waals surface area contributed by atoms with E-state index < -0.39 is 0 Å². The van der Waals surface area contributed by atoms with E-state index in [1.807, 2.05) is 0 Å². The number of nitrogens with one attached hydrogen (secondary N) is 1. The standard InChI is InChI=1S/C12H25NO2/c1-9(8-14)10(2)13-11-4-6-12(15-3)7-5-11/h9-14H,4-8H2,1-3H3. The molecule has 0 aromatic rings. The fourth-order valence-electron chi connectivity index (χ4n) is 2.16. The molecule has 0 saturated heterocycles. The fraction of sp³-hybridized carbons (Fsp3) is 1.00. The number of hydrogen-bond acceptors (Lipinski definition) is 3. The van der Waals surface area contributed by atoms with E-state index in [9.17, 15) is 0 Å². The van der Waals surface area contributed by atoms with Crippen molar-refractivity contribution in [2.75, 3.05) is 13.7 Å². The van der Waals surface area contributed by atoms with E-state index >= 15 is 0 Å². The van der Waals surface area contributed by atoms with Crippen LogP contribution in [-0.4, -0.2) is 37.0 Å². The molecule has 0 aromatic heterocycles. The lowest BCUT2D eigenvalue weighted by atomic mass is 9.91. The number of aliphatic hydroxyl groups is 1. The molecule has 0 spiro atoms. The maximum atomic E-state index is 9.05. The van der Waals surface area contributed by atoms with Crippen molar-refractivity contribution in [1.29, 1.82) is 0 Å². The summed E-state index contributed by atoms with van der Waals surface area (Å²) in [6, 6.07) is 1.01. The van der Waals surface area contributed by atoms with Gasteiger partial charge in [-0.2, -0.15) is 0 Å². The molecular weight excluding hydrogens is 190 g/mol. The molecule has 2 N–H and O–H groups in total. The Hall–Kier alpha value is -0.120. The molecule has 0 bridgehead atoms. The summed E-state index contributed by atoms with van der Waals surface area (Å²) < 4.78 is 5.35. The summed E-state index contributed by atoms with van der Waals surface area (Å²) >= 11 is 0. The van der Waals surface area contributed by atoms with Crippen molar-refractivity contribution in [2.24, 2.45) is 5.92 Å². The van der Waals surface area contributed by atoms with Crippen molar-refractivity contribution in [1.82, 2.24) is 5.32 Å². The predicted octanol–water partition coefficient (Wildman–Crippen LogP) is 1.55. The summed E-state index contributed by atoms with van der Waals surface area (Å²) in [6.07, 6.45) is 5.18. The molecule has 0 aromatic carbocycles. The van der Waals surface area contributed by atoms with Crippen LogP contribution in [0.15, 0.2) is 0 Å². The van der Waals surface area contributed by atoms with Gasteiger partial charge in [0.1, 0.15) is 0 Å². The molecule has 90 valence electrons. The molecule has 0 radical (unpaired) electrons. The van der Waals surface area contributed by atoms with E-state index in [1.165, 1.54) is 12.8 Å². The molecule has 1 fully saturated rings. The minimum absolute atomic E-state index is 0.265. The lowest BCUT2D eigenvalue weighted by Gasteiger charge is -2.32. The maximum Gasteiger partial charge on any atom is 0.0572 e. The quantitative estimate of drug-likeness (QED) is 0.731. The highest BCUT2D eigenvalue weighted by Gasteiger charge is 2.23. The Morgan fingerprint density at radius 1 is 1.27 bits per heavy atom. The van der Waals surface area contributed by atoms with Crippen LogP contribution >= 0.6 is 0 Å². The van der Waals surface area contributed by atoms with Crippen molar-refractivity contribution in [3.05, 3.63) is 0 Å². The van der Waals surface area contributed by atoms with Crippen molar-refractivity contribution in [3.8, 4) is 0 Å². The van der Waals surface area contributed by atoms with Crippen molar-refractivity contribution in [3.63, 3.8) is 0 Å². The Kier molecular flexibility index (Phi) is 5.58. The lowest BCUT2D eigenvalue weighted by Crippen LogP contribution is -2.43. The average molecular weight is 215 g/mol. The summed E-state index contributed by atoms with van der Waals surface area (Å²) in [5.74, 6) is 0.338. The molecule has 1 aliphatic rings. The van der Waals surface area contributed by atoms with E-state index in [-0.39, 0.29) is 6.61 Å². The number of methoxy groups -OCH3 is 1. The number of hydrogen-bond donors (Lipinski definition) is 2. The Bertz CT molecular complexity index is 167. The second kappa shape index (κ2) is 6.46. The maximum absolute atomic E-state index is 9.05. The first-order valence-corrected chi connectivity index (χ1v) is 6.07. The predicted molar refractivity (Wildman–Crippen MR) is 61.9 cm³/mol. The summed E-state index contributed by atoms with van der Waals surface area (Å²) in [5.41, 5.74) is 0. The zero-order valence-electron chi connectivity index (χ0n) is 10.2. The Morgan fingerprint density at radius 3 is 2.33 bits per heavy atom. The second-order valence-electron chi connectivity index (χ2n) is 4.82. The third-order valence-electron chi connectivity index (χ3n) is 3.65. The lowest BCUT2D eigenvalue weighted by molar-refractivity contribution is 0.0596. The van der Waals surface area contributed by atoms with Crippen LogP contribution in [0, 0.1) is 5.92 Å². The molecule has 15 heavy (non-hydrogen) atoms. The van der Waals surface area contributed by atoms with Crippen LogP contribution in [0.5, 0.6) is 0 Å². The third-order valence-corrected chi connectivity index (χ3v) is 3.65. The van der Waals surface area contributed by atoms with Gasteiger partial charge in [0.2, 0.25) is 0 Å². The molecule has 1 aliphatic carbocycles. The average Bonchev–Trinajstić information content (AvgIpc) is 2.29. The Morgan fingerprint density at radius 2 is 1.87 bits per heavy atom. The smallest absolute Gasteiger partial charge is 0.0572 e. The zero-order chi connectivity index (χ0) is 11.3. The molecular formula is C12H25NO2. The summed E-state index contributed by atoms with van der Waals surface area (Å²) in [6.45, 7) is 4.50. The number of ether oxygens (including phenoxy) is 1. The second-order valence-corrected chi connectivity index (χ2v) is 4.82. The van der Waals surface area contributed by atoms with Gasteiger partial charge in [-0.05, 0) is 38.5 Å². The topological polar surface area (TPSA) is 41.5 Å². The van der Waals surface area contributed by atoms with E-state index in [2.05, 4.69) is 19.2 Å². The van der Waals surface area contributed by atoms with Crippen LogP contribution < -0.4 is 5.32 Å². The highest BCUT2D eigenvalue weighted by atomic mass is 16.5. The molecule has 1 rings (SSSR count). The van der Waals surface area contributed by atoms with Gasteiger partial charge >= 0.3 is 0 Å². The van der Waals surface area contributed by atoms with Crippen molar-refractivity contribution < 1.29 is 9.84 Å². The van der Waals surface area contributed by atoms with Gasteiger partial charge in [0.25, 0.3) is 0 Å². The zero-order valence-corrected chi connectivity index (χ0v) is 10.2. The third kappa shape index (κ3) is 4.09. The van der Waals surface area contributed by atoms with Crippen LogP contribution in [-0.2, 0) is 4.74 Å². The Labute approximate surface area is 93.2 Å². The highest BCUT2D eigenvalue weighted by Crippen LogP contribution is 2.21. The highest BCUT2D eigenvalue weighted by molar-refractivity contribution is 4.80. The van der Waals surface area contributed by atoms with Gasteiger partial charge in [-0.1, -0.05) is 6.92 Å². The number of rotatable bonds is 5. The van der Waals surface area contributed by atoms with Crippen LogP contribution in [0.4, 0.5) is 0 Å². The van der Waals surface area contributed by atoms with Crippen molar-refractivity contribution in [2.45, 2.75) is 57.7 Å². The van der Waals surface area contributed by atoms with Crippen LogP contribution in [0.2, 0.25) is 0 Å². The van der Waals surface area contributed by atoms with Crippen LogP contribution in [0.3, 0.4) is 0 Å². The molecule has 1 saturated carbocycles. The Balaban J connectivity index is 2.23. The van der Waals surface area contributed by atoms with Gasteiger partial charge in [-0.3, -0.25) is 0 Å². The minimum Gasteiger partial charge on any atom is -0.396 e. The molecule has 3 heteroatoms. The van der Waals surface area contributed by atoms with Gasteiger partial charge in [-0.15, -0.1) is 0 Å². The molecule has 0 amide bonds. The van der Waals surface area contributed by atoms with Crippen molar-refractivity contribution >= 4 is 0 Å². The van der Waals surface area contributed by atoms with E-state index in [4.69, 9.17) is 9.84 Å². The summed E-state index contributed by atoms with van der Waals surface area (Å²) in [4.78, 5) is 0. The normalized spacial score (nSPS) is 31.2.